The first kappa shape index (κ1) is 18.2. The third-order valence-electron chi connectivity index (χ3n) is 4.41. The molecule has 28 heavy (non-hydrogen) atoms. The Balaban J connectivity index is 1.63. The van der Waals surface area contributed by atoms with Crippen molar-refractivity contribution in [1.29, 1.82) is 0 Å². The Labute approximate surface area is 168 Å². The van der Waals surface area contributed by atoms with Gasteiger partial charge in [0.15, 0.2) is 11.6 Å². The number of ketones is 1. The number of Topliss-reactive ketones (excluding diaryl/α,β-unsaturated/α-hetero) is 1. The molecule has 5 heteroatoms. The first-order valence-corrected chi connectivity index (χ1v) is 9.89. The molecule has 0 unspecified atom stereocenters. The monoisotopic (exact) mass is 385 g/mol. The van der Waals surface area contributed by atoms with Crippen molar-refractivity contribution in [2.45, 2.75) is 17.3 Å². The number of aromatic amines is 1. The normalized spacial score (nSPS) is 11.9. The van der Waals surface area contributed by atoms with Gasteiger partial charge in [-0.15, -0.1) is 5.10 Å². The average molecular weight is 385 g/mol. The molecule has 0 saturated carbocycles. The van der Waals surface area contributed by atoms with Crippen LogP contribution >= 0.6 is 11.8 Å². The standard InChI is InChI=1S/C23H19N3OS/c1-16-12-14-19(15-13-16)22-24-23(26-25-22)28-21(18-10-6-3-7-11-18)20(27)17-8-4-2-5-9-17/h2-15,21H,1H3,(H,24,25,26)/t21-/m0/s1. The summed E-state index contributed by atoms with van der Waals surface area (Å²) in [4.78, 5) is 17.8. The first-order valence-electron chi connectivity index (χ1n) is 9.01. The van der Waals surface area contributed by atoms with E-state index in [-0.39, 0.29) is 5.78 Å². The highest BCUT2D eigenvalue weighted by Gasteiger charge is 2.25. The molecular weight excluding hydrogens is 366 g/mol. The average Bonchev–Trinajstić information content (AvgIpc) is 3.22. The van der Waals surface area contributed by atoms with E-state index in [1.165, 1.54) is 17.3 Å². The number of thioether (sulfide) groups is 1. The van der Waals surface area contributed by atoms with Crippen LogP contribution in [-0.2, 0) is 0 Å². The van der Waals surface area contributed by atoms with Crippen molar-refractivity contribution in [3.8, 4) is 11.4 Å². The third-order valence-corrected chi connectivity index (χ3v) is 5.53. The van der Waals surface area contributed by atoms with Crippen molar-refractivity contribution in [2.24, 2.45) is 0 Å². The predicted octanol–water partition coefficient (Wildman–Crippen LogP) is 5.50. The van der Waals surface area contributed by atoms with E-state index in [0.717, 1.165) is 11.1 Å². The molecule has 0 bridgehead atoms. The number of carbonyl (C=O) groups excluding carboxylic acids is 1. The number of H-pyrrole nitrogens is 1. The van der Waals surface area contributed by atoms with Crippen LogP contribution in [0.3, 0.4) is 0 Å². The van der Waals surface area contributed by atoms with Crippen molar-refractivity contribution in [1.82, 2.24) is 15.2 Å². The quantitative estimate of drug-likeness (QED) is 0.352. The zero-order valence-electron chi connectivity index (χ0n) is 15.4. The molecule has 0 aliphatic heterocycles. The Morgan fingerprint density at radius 1 is 0.893 bits per heavy atom. The molecule has 0 fully saturated rings. The zero-order chi connectivity index (χ0) is 19.3. The van der Waals surface area contributed by atoms with Crippen molar-refractivity contribution in [2.75, 3.05) is 0 Å². The Morgan fingerprint density at radius 3 is 2.21 bits per heavy atom. The van der Waals surface area contributed by atoms with E-state index in [4.69, 9.17) is 0 Å². The van der Waals surface area contributed by atoms with Gasteiger partial charge in [-0.2, -0.15) is 0 Å². The highest BCUT2D eigenvalue weighted by molar-refractivity contribution is 8.00. The molecule has 0 spiro atoms. The lowest BCUT2D eigenvalue weighted by atomic mass is 10.0. The molecule has 1 N–H and O–H groups in total. The molecule has 0 amide bonds. The molecule has 138 valence electrons. The summed E-state index contributed by atoms with van der Waals surface area (Å²) in [7, 11) is 0. The van der Waals surface area contributed by atoms with Gasteiger partial charge in [-0.25, -0.2) is 4.98 Å². The van der Waals surface area contributed by atoms with Crippen molar-refractivity contribution < 1.29 is 4.79 Å². The molecule has 0 aliphatic carbocycles. The molecule has 4 nitrogen and oxygen atoms in total. The summed E-state index contributed by atoms with van der Waals surface area (Å²) in [5, 5.41) is 7.45. The number of rotatable bonds is 6. The Bertz CT molecular complexity index is 1060. The molecule has 3 aromatic carbocycles. The largest absolute Gasteiger partial charge is 0.293 e. The second-order valence-corrected chi connectivity index (χ2v) is 7.54. The third kappa shape index (κ3) is 4.05. The number of hydrogen-bond acceptors (Lipinski definition) is 4. The van der Waals surface area contributed by atoms with Gasteiger partial charge in [-0.3, -0.25) is 9.89 Å². The Hall–Kier alpha value is -3.18. The number of nitrogens with zero attached hydrogens (tertiary/aromatic N) is 2. The zero-order valence-corrected chi connectivity index (χ0v) is 16.2. The van der Waals surface area contributed by atoms with E-state index in [1.807, 2.05) is 91.9 Å². The lowest BCUT2D eigenvalue weighted by molar-refractivity contribution is 0.0989. The van der Waals surface area contributed by atoms with Crippen molar-refractivity contribution >= 4 is 17.5 Å². The van der Waals surface area contributed by atoms with Crippen LogP contribution < -0.4 is 0 Å². The van der Waals surface area contributed by atoms with Gasteiger partial charge in [0.1, 0.15) is 5.25 Å². The number of aromatic nitrogens is 3. The van der Waals surface area contributed by atoms with Crippen LogP contribution in [0.1, 0.15) is 26.7 Å². The summed E-state index contributed by atoms with van der Waals surface area (Å²) in [6.07, 6.45) is 0. The Kier molecular flexibility index (Phi) is 5.35. The van der Waals surface area contributed by atoms with E-state index >= 15 is 0 Å². The van der Waals surface area contributed by atoms with Crippen LogP contribution in [0.15, 0.2) is 90.1 Å². The summed E-state index contributed by atoms with van der Waals surface area (Å²) in [5.41, 5.74) is 3.77. The lowest BCUT2D eigenvalue weighted by Crippen LogP contribution is -2.10. The molecular formula is C23H19N3OS. The number of carbonyl (C=O) groups is 1. The van der Waals surface area contributed by atoms with Crippen LogP contribution in [0.5, 0.6) is 0 Å². The van der Waals surface area contributed by atoms with Crippen LogP contribution in [0.4, 0.5) is 0 Å². The van der Waals surface area contributed by atoms with Gasteiger partial charge in [0, 0.05) is 11.1 Å². The first-order chi connectivity index (χ1) is 13.7. The van der Waals surface area contributed by atoms with Crippen molar-refractivity contribution in [3.63, 3.8) is 0 Å². The predicted molar refractivity (Wildman–Crippen MR) is 112 cm³/mol. The molecule has 4 rings (SSSR count). The summed E-state index contributed by atoms with van der Waals surface area (Å²) in [6.45, 7) is 2.05. The minimum atomic E-state index is -0.412. The van der Waals surface area contributed by atoms with Gasteiger partial charge < -0.3 is 0 Å². The lowest BCUT2D eigenvalue weighted by Gasteiger charge is -2.14. The maximum Gasteiger partial charge on any atom is 0.209 e. The second kappa shape index (κ2) is 8.23. The van der Waals surface area contributed by atoms with Crippen LogP contribution in [0.25, 0.3) is 11.4 Å². The number of hydrogen-bond donors (Lipinski definition) is 1. The van der Waals surface area contributed by atoms with Gasteiger partial charge in [-0.1, -0.05) is 102 Å². The van der Waals surface area contributed by atoms with E-state index in [1.54, 1.807) is 0 Å². The van der Waals surface area contributed by atoms with Gasteiger partial charge in [0.2, 0.25) is 5.16 Å². The van der Waals surface area contributed by atoms with Crippen LogP contribution in [0.2, 0.25) is 0 Å². The summed E-state index contributed by atoms with van der Waals surface area (Å²) in [5.74, 6) is 0.736. The maximum absolute atomic E-state index is 13.2. The molecule has 0 saturated heterocycles. The van der Waals surface area contributed by atoms with Crippen LogP contribution in [0, 0.1) is 6.92 Å². The summed E-state index contributed by atoms with van der Waals surface area (Å²) >= 11 is 1.36. The molecule has 1 aromatic heterocycles. The minimum Gasteiger partial charge on any atom is -0.293 e. The number of nitrogens with one attached hydrogen (secondary N) is 1. The molecule has 0 aliphatic rings. The van der Waals surface area contributed by atoms with Gasteiger partial charge in [-0.05, 0) is 12.5 Å². The topological polar surface area (TPSA) is 58.6 Å². The SMILES string of the molecule is Cc1ccc(-c2nc(S[C@H](C(=O)c3ccccc3)c3ccccc3)n[nH]2)cc1. The highest BCUT2D eigenvalue weighted by atomic mass is 32.2. The molecule has 4 aromatic rings. The van der Waals surface area contributed by atoms with E-state index in [9.17, 15) is 4.79 Å². The van der Waals surface area contributed by atoms with Gasteiger partial charge >= 0.3 is 0 Å². The smallest absolute Gasteiger partial charge is 0.209 e. The summed E-state index contributed by atoms with van der Waals surface area (Å²) < 4.78 is 0. The van der Waals surface area contributed by atoms with Crippen LogP contribution in [-0.4, -0.2) is 21.0 Å². The minimum absolute atomic E-state index is 0.0403. The number of aryl methyl sites for hydroxylation is 1. The van der Waals surface area contributed by atoms with Crippen molar-refractivity contribution in [3.05, 3.63) is 102 Å². The molecule has 0 radical (unpaired) electrons. The fourth-order valence-electron chi connectivity index (χ4n) is 2.90. The van der Waals surface area contributed by atoms with E-state index < -0.39 is 5.25 Å². The highest BCUT2D eigenvalue weighted by Crippen LogP contribution is 2.36. The fraction of sp³-hybridized carbons (Fsp3) is 0.0870. The number of benzene rings is 3. The maximum atomic E-state index is 13.2. The fourth-order valence-corrected chi connectivity index (χ4v) is 3.89. The second-order valence-electron chi connectivity index (χ2n) is 6.47. The van der Waals surface area contributed by atoms with Gasteiger partial charge in [0.05, 0.1) is 0 Å². The summed E-state index contributed by atoms with van der Waals surface area (Å²) in [6, 6.07) is 27.2. The van der Waals surface area contributed by atoms with E-state index in [2.05, 4.69) is 15.2 Å². The molecule has 1 atom stereocenters. The van der Waals surface area contributed by atoms with Gasteiger partial charge in [0.25, 0.3) is 0 Å². The Morgan fingerprint density at radius 2 is 1.54 bits per heavy atom. The molecule has 1 heterocycles. The van der Waals surface area contributed by atoms with E-state index in [0.29, 0.717) is 16.5 Å².